The zero-order valence-corrected chi connectivity index (χ0v) is 44.1. The summed E-state index contributed by atoms with van der Waals surface area (Å²) in [4.78, 5) is 72.3. The minimum atomic E-state index is -0.404. The molecule has 0 N–H and O–H groups in total. The standard InChI is InChI=1S/C38H62O8.C20H30O4.CH4/c1-7-25-19-31-29(35(25)43-23(5)39)21-27(9-3)37(31)45-33(41)17-15-13-11-12-14-16-18-34(42)46-38-28(10-4)22-30-32(38)20-26(8-2)36(30)44-24(6)40;1-5-17(6-2)23-19(21)15-13-11-9-10-12-14-16-20(22)24-18(7-3)8-4;/h25-32,35-38H,7-22H2,1-6H3;5-8,17-18H,1-4,9-16H2;1H4/t25?,26?,27?,28?,29?,30?,31?,32?,35-,36+,37+,38-;;. The molecule has 0 spiro atoms. The van der Waals surface area contributed by atoms with Gasteiger partial charge in [-0.25, -0.2) is 0 Å². The molecular formula is C59H96O12. The molecule has 4 aliphatic carbocycles. The Morgan fingerprint density at radius 2 is 0.620 bits per heavy atom. The summed E-state index contributed by atoms with van der Waals surface area (Å²) in [5, 5.41) is 0. The predicted octanol–water partition coefficient (Wildman–Crippen LogP) is 13.3. The summed E-state index contributed by atoms with van der Waals surface area (Å²) in [6.45, 7) is 25.9. The number of hydrogen-bond acceptors (Lipinski definition) is 12. The Morgan fingerprint density at radius 3 is 0.845 bits per heavy atom. The summed E-state index contributed by atoms with van der Waals surface area (Å²) < 4.78 is 34.0. The zero-order valence-electron chi connectivity index (χ0n) is 44.1. The maximum Gasteiger partial charge on any atom is 0.306 e. The van der Waals surface area contributed by atoms with E-state index in [4.69, 9.17) is 28.4 Å². The van der Waals surface area contributed by atoms with Crippen LogP contribution >= 0.6 is 0 Å². The Hall–Kier alpha value is -4.22. The molecular weight excluding hydrogens is 901 g/mol. The van der Waals surface area contributed by atoms with E-state index in [9.17, 15) is 28.8 Å². The first-order valence-electron chi connectivity index (χ1n) is 27.3. The van der Waals surface area contributed by atoms with Crippen molar-refractivity contribution >= 4 is 35.8 Å². The fourth-order valence-corrected chi connectivity index (χ4v) is 12.0. The van der Waals surface area contributed by atoms with Crippen molar-refractivity contribution in [1.82, 2.24) is 0 Å². The summed E-state index contributed by atoms with van der Waals surface area (Å²) in [5.41, 5.74) is 0. The first-order chi connectivity index (χ1) is 33.7. The lowest BCUT2D eigenvalue weighted by Gasteiger charge is -2.25. The van der Waals surface area contributed by atoms with Gasteiger partial charge >= 0.3 is 35.8 Å². The number of carbonyl (C=O) groups excluding carboxylic acids is 6. The summed E-state index contributed by atoms with van der Waals surface area (Å²) >= 11 is 0. The molecule has 4 aliphatic rings. The third-order valence-corrected chi connectivity index (χ3v) is 15.7. The number of ether oxygens (including phenoxy) is 6. The van der Waals surface area contributed by atoms with E-state index < -0.39 is 12.2 Å². The molecule has 8 unspecified atom stereocenters. The fourth-order valence-electron chi connectivity index (χ4n) is 12.0. The Balaban J connectivity index is 0.000000588. The summed E-state index contributed by atoms with van der Waals surface area (Å²) in [6, 6.07) is 0. The fraction of sp³-hybridized carbons (Fsp3) is 0.763. The van der Waals surface area contributed by atoms with Gasteiger partial charge in [-0.1, -0.05) is 113 Å². The maximum absolute atomic E-state index is 12.8. The van der Waals surface area contributed by atoms with Crippen molar-refractivity contribution in [3.05, 3.63) is 50.6 Å². The molecule has 0 radical (unpaired) electrons. The first-order valence-corrected chi connectivity index (χ1v) is 27.3. The second kappa shape index (κ2) is 34.2. The molecule has 0 aromatic carbocycles. The van der Waals surface area contributed by atoms with Gasteiger partial charge in [0, 0.05) is 63.2 Å². The first kappa shape index (κ1) is 62.9. The average molecular weight is 997 g/mol. The maximum atomic E-state index is 12.8. The van der Waals surface area contributed by atoms with E-state index in [1.807, 2.05) is 0 Å². The smallest absolute Gasteiger partial charge is 0.306 e. The molecule has 0 bridgehead atoms. The van der Waals surface area contributed by atoms with E-state index in [1.165, 1.54) is 13.8 Å². The van der Waals surface area contributed by atoms with Crippen molar-refractivity contribution in [3.8, 4) is 0 Å². The molecule has 0 amide bonds. The van der Waals surface area contributed by atoms with E-state index in [0.29, 0.717) is 73.0 Å². The molecule has 0 aromatic rings. The van der Waals surface area contributed by atoms with Crippen LogP contribution < -0.4 is 0 Å². The van der Waals surface area contributed by atoms with E-state index in [-0.39, 0.29) is 67.7 Å². The molecule has 0 aromatic heterocycles. The number of unbranched alkanes of at least 4 members (excludes halogenated alkanes) is 10. The van der Waals surface area contributed by atoms with Crippen molar-refractivity contribution in [1.29, 1.82) is 0 Å². The van der Waals surface area contributed by atoms with Gasteiger partial charge in [0.25, 0.3) is 0 Å². The highest BCUT2D eigenvalue weighted by molar-refractivity contribution is 5.71. The minimum Gasteiger partial charge on any atom is -0.462 e. The molecule has 404 valence electrons. The van der Waals surface area contributed by atoms with E-state index in [0.717, 1.165) is 128 Å². The topological polar surface area (TPSA) is 158 Å². The third-order valence-electron chi connectivity index (χ3n) is 15.7. The van der Waals surface area contributed by atoms with Crippen molar-refractivity contribution in [2.45, 2.75) is 240 Å². The summed E-state index contributed by atoms with van der Waals surface area (Å²) in [7, 11) is 0. The molecule has 71 heavy (non-hydrogen) atoms. The van der Waals surface area contributed by atoms with Crippen LogP contribution in [0.25, 0.3) is 0 Å². The molecule has 12 heteroatoms. The molecule has 4 rings (SSSR count). The number of esters is 6. The molecule has 0 heterocycles. The second-order valence-corrected chi connectivity index (χ2v) is 20.4. The van der Waals surface area contributed by atoms with Gasteiger partial charge in [-0.2, -0.15) is 0 Å². The van der Waals surface area contributed by atoms with Gasteiger partial charge in [-0.15, -0.1) is 0 Å². The van der Waals surface area contributed by atoms with Gasteiger partial charge in [0.15, 0.2) is 0 Å². The third kappa shape index (κ3) is 20.7. The molecule has 4 fully saturated rings. The van der Waals surface area contributed by atoms with Crippen LogP contribution in [-0.2, 0) is 57.2 Å². The van der Waals surface area contributed by atoms with Crippen LogP contribution in [0.5, 0.6) is 0 Å². The van der Waals surface area contributed by atoms with Gasteiger partial charge in [0.1, 0.15) is 36.6 Å². The number of carbonyl (C=O) groups is 6. The highest BCUT2D eigenvalue weighted by atomic mass is 16.6. The number of hydrogen-bond donors (Lipinski definition) is 0. The van der Waals surface area contributed by atoms with Crippen LogP contribution in [-0.4, -0.2) is 72.4 Å². The lowest BCUT2D eigenvalue weighted by atomic mass is 9.92. The van der Waals surface area contributed by atoms with Crippen LogP contribution in [0.3, 0.4) is 0 Å². The predicted molar refractivity (Wildman–Crippen MR) is 280 cm³/mol. The Morgan fingerprint density at radius 1 is 0.394 bits per heavy atom. The second-order valence-electron chi connectivity index (χ2n) is 20.4. The monoisotopic (exact) mass is 997 g/mol. The number of fused-ring (bicyclic) bond motifs is 2. The van der Waals surface area contributed by atoms with Crippen LogP contribution in [0.2, 0.25) is 0 Å². The van der Waals surface area contributed by atoms with E-state index >= 15 is 0 Å². The molecule has 4 saturated carbocycles. The average Bonchev–Trinajstić information content (AvgIpc) is 4.07. The minimum absolute atomic E-state index is 0. The highest BCUT2D eigenvalue weighted by Gasteiger charge is 2.56. The Labute approximate surface area is 429 Å². The Kier molecular flexibility index (Phi) is 30.3. The van der Waals surface area contributed by atoms with Gasteiger partial charge in [0.05, 0.1) is 0 Å². The van der Waals surface area contributed by atoms with Crippen molar-refractivity contribution in [3.63, 3.8) is 0 Å². The van der Waals surface area contributed by atoms with Crippen LogP contribution in [0.15, 0.2) is 50.6 Å². The normalized spacial score (nSPS) is 26.9. The molecule has 12 atom stereocenters. The van der Waals surface area contributed by atoms with Crippen molar-refractivity contribution in [2.24, 2.45) is 47.3 Å². The lowest BCUT2D eigenvalue weighted by Crippen LogP contribution is -2.28. The molecule has 0 saturated heterocycles. The molecule has 12 nitrogen and oxygen atoms in total. The van der Waals surface area contributed by atoms with E-state index in [2.05, 4.69) is 54.0 Å². The highest BCUT2D eigenvalue weighted by Crippen LogP contribution is 2.55. The van der Waals surface area contributed by atoms with Crippen LogP contribution in [0.4, 0.5) is 0 Å². The lowest BCUT2D eigenvalue weighted by molar-refractivity contribution is -0.155. The Bertz CT molecular complexity index is 1540. The van der Waals surface area contributed by atoms with Gasteiger partial charge < -0.3 is 28.4 Å². The van der Waals surface area contributed by atoms with E-state index in [1.54, 1.807) is 24.3 Å². The summed E-state index contributed by atoms with van der Waals surface area (Å²) in [6.07, 6.45) is 26.0. The van der Waals surface area contributed by atoms with Crippen molar-refractivity contribution in [2.75, 3.05) is 0 Å². The van der Waals surface area contributed by atoms with Gasteiger partial charge in [-0.3, -0.25) is 28.8 Å². The van der Waals surface area contributed by atoms with Gasteiger partial charge in [-0.05, 0) is 125 Å². The molecule has 0 aliphatic heterocycles. The summed E-state index contributed by atoms with van der Waals surface area (Å²) in [5.74, 6) is 1.51. The quantitative estimate of drug-likeness (QED) is 0.0272. The van der Waals surface area contributed by atoms with Crippen molar-refractivity contribution < 1.29 is 57.2 Å². The zero-order chi connectivity index (χ0) is 51.6. The number of rotatable bonds is 32. The van der Waals surface area contributed by atoms with Gasteiger partial charge in [0.2, 0.25) is 0 Å². The largest absolute Gasteiger partial charge is 0.462 e. The SMILES string of the molecule is C.C=CC(C=C)OC(=O)CCCCCCCCC(=O)OC(C=C)C=C.CCC1CC2C(CC(CC)[C@@H]2OC(C)=O)[C@@H]1OC(=O)CCCCCCCCC(=O)O[C@H]1C(CC)CC2C1CC(CC)[C@H]2OC(C)=O. The van der Waals surface area contributed by atoms with Crippen LogP contribution in [0, 0.1) is 47.3 Å². The van der Waals surface area contributed by atoms with Crippen LogP contribution in [0.1, 0.15) is 203 Å².